The molecular formula is C31H38BN3O4. The second-order valence-corrected chi connectivity index (χ2v) is 9.47. The molecule has 0 aromatic heterocycles. The summed E-state index contributed by atoms with van der Waals surface area (Å²) in [7, 11) is 3.16. The molecule has 3 atom stereocenters. The minimum absolute atomic E-state index is 0.0757. The monoisotopic (exact) mass is 527 g/mol. The highest BCUT2D eigenvalue weighted by molar-refractivity contribution is 6.57. The predicted octanol–water partition coefficient (Wildman–Crippen LogP) is 3.61. The van der Waals surface area contributed by atoms with Crippen molar-refractivity contribution in [1.29, 1.82) is 5.26 Å². The first-order chi connectivity index (χ1) is 19.1. The van der Waals surface area contributed by atoms with E-state index in [-0.39, 0.29) is 30.8 Å². The number of nitrogens with zero attached hydrogens (tertiary/aromatic N) is 1. The summed E-state index contributed by atoms with van der Waals surface area (Å²) >= 11 is 0. The number of carbonyl (C=O) groups is 1. The van der Waals surface area contributed by atoms with Gasteiger partial charge in [0.25, 0.3) is 0 Å². The van der Waals surface area contributed by atoms with Crippen LogP contribution >= 0.6 is 0 Å². The van der Waals surface area contributed by atoms with Gasteiger partial charge in [-0.2, -0.15) is 5.26 Å². The van der Waals surface area contributed by atoms with E-state index in [4.69, 9.17) is 14.2 Å². The second-order valence-electron chi connectivity index (χ2n) is 9.47. The van der Waals surface area contributed by atoms with Crippen LogP contribution in [0, 0.1) is 11.3 Å². The van der Waals surface area contributed by atoms with Crippen LogP contribution in [0.25, 0.3) is 0 Å². The number of aryl methyl sites for hydroxylation is 1. The maximum absolute atomic E-state index is 12.4. The zero-order valence-electron chi connectivity index (χ0n) is 22.8. The molecule has 39 heavy (non-hydrogen) atoms. The normalized spacial score (nSPS) is 13.2. The minimum Gasteiger partial charge on any atom is -0.382 e. The van der Waals surface area contributed by atoms with Crippen LogP contribution in [0.5, 0.6) is 0 Å². The number of hydrogen-bond acceptors (Lipinski definition) is 6. The number of benzene rings is 3. The van der Waals surface area contributed by atoms with Gasteiger partial charge in [-0.1, -0.05) is 72.8 Å². The lowest BCUT2D eigenvalue weighted by molar-refractivity contribution is -0.116. The van der Waals surface area contributed by atoms with Gasteiger partial charge >= 0.3 is 0 Å². The highest BCUT2D eigenvalue weighted by Crippen LogP contribution is 2.18. The van der Waals surface area contributed by atoms with Crippen LogP contribution in [0.2, 0.25) is 0 Å². The second kappa shape index (κ2) is 17.2. The molecule has 0 fully saturated rings. The van der Waals surface area contributed by atoms with Crippen molar-refractivity contribution < 1.29 is 19.0 Å². The van der Waals surface area contributed by atoms with E-state index in [2.05, 4.69) is 41.0 Å². The Hall–Kier alpha value is -3.48. The maximum atomic E-state index is 12.4. The molecule has 0 radical (unpaired) electrons. The SMILES string of the molecule is BC(=O)N[C@H](Cc1ccccc1)[C@H](OCOCCOC)[C@@H](CCc1ccccc1)NCc1cccc(C#N)c1. The van der Waals surface area contributed by atoms with E-state index in [1.807, 2.05) is 54.6 Å². The van der Waals surface area contributed by atoms with Gasteiger partial charge in [0.2, 0.25) is 7.85 Å². The van der Waals surface area contributed by atoms with Gasteiger partial charge in [0.15, 0.2) is 5.81 Å². The summed E-state index contributed by atoms with van der Waals surface area (Å²) < 4.78 is 17.2. The molecule has 3 aromatic carbocycles. The lowest BCUT2D eigenvalue weighted by atomic mass is 9.91. The van der Waals surface area contributed by atoms with Gasteiger partial charge in [-0.25, -0.2) is 0 Å². The van der Waals surface area contributed by atoms with Crippen molar-refractivity contribution in [3.8, 4) is 6.07 Å². The van der Waals surface area contributed by atoms with Crippen LogP contribution in [0.3, 0.4) is 0 Å². The number of nitrogens with one attached hydrogen (secondary N) is 2. The largest absolute Gasteiger partial charge is 0.382 e. The molecule has 1 amide bonds. The van der Waals surface area contributed by atoms with E-state index in [0.29, 0.717) is 31.7 Å². The van der Waals surface area contributed by atoms with Crippen LogP contribution in [-0.2, 0) is 33.6 Å². The van der Waals surface area contributed by atoms with Gasteiger partial charge in [-0.3, -0.25) is 4.79 Å². The van der Waals surface area contributed by atoms with Crippen molar-refractivity contribution >= 4 is 13.7 Å². The maximum Gasteiger partial charge on any atom is 0.215 e. The van der Waals surface area contributed by atoms with E-state index in [1.165, 1.54) is 13.4 Å². The number of hydrogen-bond donors (Lipinski definition) is 2. The fourth-order valence-corrected chi connectivity index (χ4v) is 4.57. The third-order valence-electron chi connectivity index (χ3n) is 6.47. The molecule has 204 valence electrons. The summed E-state index contributed by atoms with van der Waals surface area (Å²) in [6.45, 7) is 1.51. The number of amides is 1. The Bertz CT molecular complexity index is 1160. The first-order valence-electron chi connectivity index (χ1n) is 13.3. The number of nitriles is 1. The van der Waals surface area contributed by atoms with Crippen molar-refractivity contribution in [2.75, 3.05) is 27.1 Å². The Morgan fingerprint density at radius 2 is 1.62 bits per heavy atom. The third-order valence-corrected chi connectivity index (χ3v) is 6.47. The Kier molecular flexibility index (Phi) is 13.2. The summed E-state index contributed by atoms with van der Waals surface area (Å²) in [6.07, 6.45) is 1.82. The van der Waals surface area contributed by atoms with E-state index >= 15 is 0 Å². The van der Waals surface area contributed by atoms with Crippen molar-refractivity contribution in [3.05, 3.63) is 107 Å². The van der Waals surface area contributed by atoms with Crippen LogP contribution < -0.4 is 10.6 Å². The molecule has 0 saturated heterocycles. The highest BCUT2D eigenvalue weighted by Gasteiger charge is 2.31. The first-order valence-corrected chi connectivity index (χ1v) is 13.3. The molecule has 0 bridgehead atoms. The molecule has 0 unspecified atom stereocenters. The smallest absolute Gasteiger partial charge is 0.215 e. The molecule has 0 saturated carbocycles. The van der Waals surface area contributed by atoms with Gasteiger partial charge in [0, 0.05) is 19.7 Å². The van der Waals surface area contributed by atoms with Gasteiger partial charge in [-0.15, -0.1) is 0 Å². The molecular weight excluding hydrogens is 489 g/mol. The zero-order chi connectivity index (χ0) is 27.7. The minimum atomic E-state index is -0.389. The predicted molar refractivity (Wildman–Crippen MR) is 155 cm³/mol. The summed E-state index contributed by atoms with van der Waals surface area (Å²) in [5, 5.41) is 16.2. The van der Waals surface area contributed by atoms with Crippen molar-refractivity contribution in [3.63, 3.8) is 0 Å². The van der Waals surface area contributed by atoms with Crippen LogP contribution in [-0.4, -0.2) is 59.0 Å². The lowest BCUT2D eigenvalue weighted by Gasteiger charge is -2.35. The molecule has 0 aliphatic heterocycles. The Morgan fingerprint density at radius 3 is 2.28 bits per heavy atom. The highest BCUT2D eigenvalue weighted by atomic mass is 16.7. The van der Waals surface area contributed by atoms with Gasteiger partial charge in [0.1, 0.15) is 6.79 Å². The molecule has 7 nitrogen and oxygen atoms in total. The van der Waals surface area contributed by atoms with Crippen molar-refractivity contribution in [2.24, 2.45) is 0 Å². The van der Waals surface area contributed by atoms with Crippen LogP contribution in [0.1, 0.15) is 28.7 Å². The molecule has 3 aromatic rings. The topological polar surface area (TPSA) is 92.6 Å². The molecule has 2 N–H and O–H groups in total. The lowest BCUT2D eigenvalue weighted by Crippen LogP contribution is -2.55. The first kappa shape index (κ1) is 30.1. The fourth-order valence-electron chi connectivity index (χ4n) is 4.57. The number of carbonyl (C=O) groups excluding carboxylic acids is 1. The van der Waals surface area contributed by atoms with Crippen LogP contribution in [0.4, 0.5) is 4.79 Å². The van der Waals surface area contributed by atoms with Gasteiger partial charge < -0.3 is 24.8 Å². The number of rotatable bonds is 17. The third kappa shape index (κ3) is 11.0. The fraction of sp³-hybridized carbons (Fsp3) is 0.355. The van der Waals surface area contributed by atoms with Gasteiger partial charge in [0.05, 0.1) is 37.0 Å². The van der Waals surface area contributed by atoms with E-state index < -0.39 is 0 Å². The standard InChI is InChI=1S/C31H38BN3O4/c1-37-17-18-38-23-39-30(29(35-31(32)36)20-25-11-6-3-7-12-25)28(16-15-24-9-4-2-5-10-24)34-22-27-14-8-13-26(19-27)21-33/h2-14,19,28-30,34H,15-18,20,22-23,32H2,1H3,(H,35,36)/t28-,29-,30-/m1/s1. The zero-order valence-corrected chi connectivity index (χ0v) is 22.8. The number of methoxy groups -OCH3 is 1. The quantitative estimate of drug-likeness (QED) is 0.158. The summed E-state index contributed by atoms with van der Waals surface area (Å²) in [5.74, 6) is -0.117. The summed E-state index contributed by atoms with van der Waals surface area (Å²) in [6, 6.07) is 29.8. The Labute approximate surface area is 232 Å². The van der Waals surface area contributed by atoms with E-state index in [1.54, 1.807) is 13.2 Å². The molecule has 0 aliphatic carbocycles. The average molecular weight is 527 g/mol. The van der Waals surface area contributed by atoms with Crippen molar-refractivity contribution in [1.82, 2.24) is 10.6 Å². The molecule has 3 rings (SSSR count). The summed E-state index contributed by atoms with van der Waals surface area (Å²) in [5.41, 5.74) is 3.96. The summed E-state index contributed by atoms with van der Waals surface area (Å²) in [4.78, 5) is 12.4. The molecule has 0 spiro atoms. The van der Waals surface area contributed by atoms with E-state index in [9.17, 15) is 10.1 Å². The van der Waals surface area contributed by atoms with Crippen molar-refractivity contribution in [2.45, 2.75) is 44.0 Å². The molecule has 0 aliphatic rings. The molecule has 8 heteroatoms. The average Bonchev–Trinajstić information content (AvgIpc) is 2.96. The Balaban J connectivity index is 1.88. The van der Waals surface area contributed by atoms with Gasteiger partial charge in [-0.05, 0) is 48.1 Å². The molecule has 0 heterocycles. The number of ether oxygens (including phenoxy) is 3. The van der Waals surface area contributed by atoms with E-state index in [0.717, 1.165) is 24.0 Å². The Morgan fingerprint density at radius 1 is 0.923 bits per heavy atom. The van der Waals surface area contributed by atoms with Crippen LogP contribution in [0.15, 0.2) is 84.9 Å².